The first-order valence-electron chi connectivity index (χ1n) is 3.86. The number of benzene rings is 1. The van der Waals surface area contributed by atoms with Crippen molar-refractivity contribution in [3.63, 3.8) is 0 Å². The van der Waals surface area contributed by atoms with E-state index >= 15 is 0 Å². The molecule has 96 valence electrons. The molecule has 17 heavy (non-hydrogen) atoms. The molecular formula is C6H8N2O7S2. The van der Waals surface area contributed by atoms with Gasteiger partial charge in [-0.15, -0.1) is 0 Å². The van der Waals surface area contributed by atoms with Crippen LogP contribution in [0.25, 0.3) is 0 Å². The normalized spacial score (nSPS) is 12.4. The number of hydrazine groups is 1. The largest absolute Gasteiger partial charge is 0.506 e. The van der Waals surface area contributed by atoms with Gasteiger partial charge >= 0.3 is 0 Å². The average molecular weight is 284 g/mol. The summed E-state index contributed by atoms with van der Waals surface area (Å²) in [6.45, 7) is 0. The standard InChI is InChI=1S/C6H8N2O7S2/c7-8-6-4(9)1-3(16(10,11)12)2-5(6)17(13,14)15/h1-2,8-9H,7H2,(H,10,11,12)(H,13,14,15). The van der Waals surface area contributed by atoms with Gasteiger partial charge in [0.05, 0.1) is 4.90 Å². The van der Waals surface area contributed by atoms with Crippen LogP contribution in [-0.4, -0.2) is 31.0 Å². The first-order chi connectivity index (χ1) is 7.57. The Morgan fingerprint density at radius 1 is 1.06 bits per heavy atom. The number of hydrogen-bond acceptors (Lipinski definition) is 7. The Hall–Kier alpha value is -1.40. The van der Waals surface area contributed by atoms with Gasteiger partial charge in [0.1, 0.15) is 16.3 Å². The lowest BCUT2D eigenvalue weighted by molar-refractivity contribution is 0.461. The Balaban J connectivity index is 3.75. The highest BCUT2D eigenvalue weighted by atomic mass is 32.2. The Bertz CT molecular complexity index is 649. The van der Waals surface area contributed by atoms with Crippen LogP contribution in [0.4, 0.5) is 5.69 Å². The van der Waals surface area contributed by atoms with Gasteiger partial charge in [0, 0.05) is 6.07 Å². The summed E-state index contributed by atoms with van der Waals surface area (Å²) in [5.41, 5.74) is 1.19. The van der Waals surface area contributed by atoms with Crippen molar-refractivity contribution in [3.05, 3.63) is 12.1 Å². The number of phenolic OH excluding ortho intramolecular Hbond substituents is 1. The van der Waals surface area contributed by atoms with E-state index in [1.165, 1.54) is 0 Å². The monoisotopic (exact) mass is 284 g/mol. The van der Waals surface area contributed by atoms with E-state index in [9.17, 15) is 21.9 Å². The summed E-state index contributed by atoms with van der Waals surface area (Å²) in [4.78, 5) is -1.88. The van der Waals surface area contributed by atoms with Gasteiger partial charge in [0.15, 0.2) is 0 Å². The fourth-order valence-corrected chi connectivity index (χ4v) is 2.37. The second kappa shape index (κ2) is 4.12. The van der Waals surface area contributed by atoms with Crippen LogP contribution in [0.1, 0.15) is 0 Å². The topological polar surface area (TPSA) is 167 Å². The lowest BCUT2D eigenvalue weighted by Gasteiger charge is -2.09. The van der Waals surface area contributed by atoms with Crippen molar-refractivity contribution < 1.29 is 31.0 Å². The molecule has 1 aromatic carbocycles. The van der Waals surface area contributed by atoms with E-state index in [4.69, 9.17) is 14.9 Å². The molecule has 0 aliphatic heterocycles. The third-order valence-electron chi connectivity index (χ3n) is 1.77. The molecule has 0 atom stereocenters. The van der Waals surface area contributed by atoms with Crippen LogP contribution >= 0.6 is 0 Å². The molecule has 0 heterocycles. The lowest BCUT2D eigenvalue weighted by atomic mass is 10.3. The van der Waals surface area contributed by atoms with E-state index in [-0.39, 0.29) is 0 Å². The predicted molar refractivity (Wildman–Crippen MR) is 55.5 cm³/mol. The van der Waals surface area contributed by atoms with Gasteiger partial charge in [-0.05, 0) is 6.07 Å². The SMILES string of the molecule is NNc1c(O)cc(S(=O)(=O)O)cc1S(=O)(=O)O. The molecule has 0 radical (unpaired) electrons. The second-order valence-electron chi connectivity index (χ2n) is 2.91. The quantitative estimate of drug-likeness (QED) is 0.206. The number of rotatable bonds is 3. The zero-order valence-corrected chi connectivity index (χ0v) is 9.66. The molecule has 0 saturated carbocycles. The minimum absolute atomic E-state index is 0.444. The summed E-state index contributed by atoms with van der Waals surface area (Å²) >= 11 is 0. The molecule has 0 saturated heterocycles. The number of nitrogen functional groups attached to an aromatic ring is 1. The fourth-order valence-electron chi connectivity index (χ4n) is 1.07. The van der Waals surface area contributed by atoms with Crippen molar-refractivity contribution in [2.45, 2.75) is 9.79 Å². The molecule has 11 heteroatoms. The molecule has 6 N–H and O–H groups in total. The second-order valence-corrected chi connectivity index (χ2v) is 5.72. The number of hydrogen-bond donors (Lipinski definition) is 5. The highest BCUT2D eigenvalue weighted by molar-refractivity contribution is 7.86. The molecule has 0 fully saturated rings. The molecule has 1 aromatic rings. The van der Waals surface area contributed by atoms with E-state index in [0.29, 0.717) is 12.1 Å². The summed E-state index contributed by atoms with van der Waals surface area (Å²) in [6.07, 6.45) is 0. The molecule has 0 spiro atoms. The molecular weight excluding hydrogens is 276 g/mol. The van der Waals surface area contributed by atoms with Gasteiger partial charge in [-0.2, -0.15) is 16.8 Å². The number of nitrogens with one attached hydrogen (secondary N) is 1. The van der Waals surface area contributed by atoms with Crippen LogP contribution < -0.4 is 11.3 Å². The Morgan fingerprint density at radius 3 is 1.94 bits per heavy atom. The highest BCUT2D eigenvalue weighted by Gasteiger charge is 2.23. The maximum atomic E-state index is 10.9. The van der Waals surface area contributed by atoms with Crippen molar-refractivity contribution in [2.24, 2.45) is 5.84 Å². The minimum atomic E-state index is -4.83. The molecule has 0 amide bonds. The van der Waals surface area contributed by atoms with Gasteiger partial charge in [0.25, 0.3) is 20.2 Å². The molecule has 0 aliphatic rings. The van der Waals surface area contributed by atoms with E-state index in [0.717, 1.165) is 0 Å². The molecule has 0 bridgehead atoms. The van der Waals surface area contributed by atoms with Crippen LogP contribution in [0.3, 0.4) is 0 Å². The van der Waals surface area contributed by atoms with E-state index < -0.39 is 41.5 Å². The summed E-state index contributed by atoms with van der Waals surface area (Å²) in [5, 5.41) is 9.31. The number of aromatic hydroxyl groups is 1. The Kier molecular flexibility index (Phi) is 3.31. The van der Waals surface area contributed by atoms with Crippen molar-refractivity contribution >= 4 is 25.9 Å². The van der Waals surface area contributed by atoms with Crippen molar-refractivity contribution in [3.8, 4) is 5.75 Å². The van der Waals surface area contributed by atoms with Crippen LogP contribution in [0.15, 0.2) is 21.9 Å². The summed E-state index contributed by atoms with van der Waals surface area (Å²) in [6, 6.07) is 1.01. The van der Waals surface area contributed by atoms with Gasteiger partial charge in [-0.1, -0.05) is 0 Å². The van der Waals surface area contributed by atoms with Gasteiger partial charge in [0.2, 0.25) is 0 Å². The third kappa shape index (κ3) is 2.83. The van der Waals surface area contributed by atoms with Crippen molar-refractivity contribution in [1.29, 1.82) is 0 Å². The summed E-state index contributed by atoms with van der Waals surface area (Å²) < 4.78 is 60.9. The van der Waals surface area contributed by atoms with Crippen molar-refractivity contribution in [2.75, 3.05) is 5.43 Å². The maximum Gasteiger partial charge on any atom is 0.296 e. The highest BCUT2D eigenvalue weighted by Crippen LogP contribution is 2.33. The maximum absolute atomic E-state index is 10.9. The molecule has 1 rings (SSSR count). The molecule has 0 aromatic heterocycles. The van der Waals surface area contributed by atoms with E-state index in [1.807, 2.05) is 0 Å². The van der Waals surface area contributed by atoms with Crippen molar-refractivity contribution in [1.82, 2.24) is 0 Å². The lowest BCUT2D eigenvalue weighted by Crippen LogP contribution is -2.13. The predicted octanol–water partition coefficient (Wildman–Crippen LogP) is -0.829. The zero-order chi connectivity index (χ0) is 13.4. The fraction of sp³-hybridized carbons (Fsp3) is 0. The summed E-state index contributed by atoms with van der Waals surface area (Å²) in [5.74, 6) is 4.04. The van der Waals surface area contributed by atoms with E-state index in [2.05, 4.69) is 0 Å². The average Bonchev–Trinajstić information content (AvgIpc) is 2.13. The van der Waals surface area contributed by atoms with Crippen LogP contribution in [0.2, 0.25) is 0 Å². The smallest absolute Gasteiger partial charge is 0.296 e. The number of anilines is 1. The molecule has 0 unspecified atom stereocenters. The Labute approximate surface area is 96.3 Å². The van der Waals surface area contributed by atoms with Crippen LogP contribution in [-0.2, 0) is 20.2 Å². The minimum Gasteiger partial charge on any atom is -0.506 e. The van der Waals surface area contributed by atoms with Gasteiger partial charge < -0.3 is 10.5 Å². The van der Waals surface area contributed by atoms with E-state index in [1.54, 1.807) is 5.43 Å². The van der Waals surface area contributed by atoms with Gasteiger partial charge in [-0.3, -0.25) is 14.9 Å². The van der Waals surface area contributed by atoms with Crippen LogP contribution in [0.5, 0.6) is 5.75 Å². The number of phenols is 1. The first kappa shape index (κ1) is 13.7. The third-order valence-corrected chi connectivity index (χ3v) is 3.48. The molecule has 9 nitrogen and oxygen atoms in total. The zero-order valence-electron chi connectivity index (χ0n) is 8.02. The van der Waals surface area contributed by atoms with Crippen LogP contribution in [0, 0.1) is 0 Å². The first-order valence-corrected chi connectivity index (χ1v) is 6.74. The Morgan fingerprint density at radius 2 is 1.59 bits per heavy atom. The number of nitrogens with two attached hydrogens (primary N) is 1. The summed E-state index contributed by atoms with van der Waals surface area (Å²) in [7, 11) is -9.57. The van der Waals surface area contributed by atoms with Gasteiger partial charge in [-0.25, -0.2) is 0 Å². The molecule has 0 aliphatic carbocycles.